The number of thioether (sulfide) groups is 1. The highest BCUT2D eigenvalue weighted by Gasteiger charge is 2.48. The van der Waals surface area contributed by atoms with Gasteiger partial charge in [-0.05, 0) is 136 Å². The third-order valence-corrected chi connectivity index (χ3v) is 14.5. The lowest BCUT2D eigenvalue weighted by atomic mass is 9.66. The molecule has 0 bridgehead atoms. The molecule has 6 aromatic carbocycles. The molecule has 0 fully saturated rings. The quantitative estimate of drug-likeness (QED) is 0.159. The first-order chi connectivity index (χ1) is 29.2. The fraction of sp³-hybridized carbons (Fsp3) is 0.158. The Bertz CT molecular complexity index is 2730. The molecule has 6 aromatic rings. The van der Waals surface area contributed by atoms with Crippen LogP contribution in [0.3, 0.4) is 0 Å². The Labute approximate surface area is 353 Å². The van der Waals surface area contributed by atoms with E-state index in [0.29, 0.717) is 5.92 Å². The van der Waals surface area contributed by atoms with Crippen molar-refractivity contribution >= 4 is 35.2 Å². The summed E-state index contributed by atoms with van der Waals surface area (Å²) in [5.41, 5.74) is 20.3. The van der Waals surface area contributed by atoms with Crippen molar-refractivity contribution in [3.63, 3.8) is 0 Å². The summed E-state index contributed by atoms with van der Waals surface area (Å²) in [5, 5.41) is 0. The van der Waals surface area contributed by atoms with Crippen LogP contribution < -0.4 is 4.90 Å². The van der Waals surface area contributed by atoms with Gasteiger partial charge >= 0.3 is 0 Å². The van der Waals surface area contributed by atoms with Gasteiger partial charge in [0.1, 0.15) is 0 Å². The van der Waals surface area contributed by atoms with E-state index in [2.05, 4.69) is 200 Å². The molecule has 0 amide bonds. The van der Waals surface area contributed by atoms with E-state index in [1.807, 2.05) is 11.8 Å². The van der Waals surface area contributed by atoms with E-state index in [1.54, 1.807) is 5.56 Å². The Morgan fingerprint density at radius 3 is 2.17 bits per heavy atom. The van der Waals surface area contributed by atoms with Gasteiger partial charge in [0, 0.05) is 33.5 Å². The summed E-state index contributed by atoms with van der Waals surface area (Å²) in [7, 11) is 0. The van der Waals surface area contributed by atoms with Crippen LogP contribution in [0.15, 0.2) is 203 Å². The molecule has 0 radical (unpaired) electrons. The minimum atomic E-state index is -0.430. The normalized spacial score (nSPS) is 19.1. The predicted octanol–water partition coefficient (Wildman–Crippen LogP) is 14.4. The van der Waals surface area contributed by atoms with Gasteiger partial charge in [-0.1, -0.05) is 170 Å². The fourth-order valence-corrected chi connectivity index (χ4v) is 11.8. The van der Waals surface area contributed by atoms with E-state index < -0.39 is 5.41 Å². The molecule has 2 heteroatoms. The number of allylic oxidation sites excluding steroid dienone is 9. The molecule has 1 atom stereocenters. The van der Waals surface area contributed by atoms with E-state index in [9.17, 15) is 0 Å². The maximum Gasteiger partial charge on any atom is 0.0710 e. The molecule has 0 N–H and O–H groups in total. The summed E-state index contributed by atoms with van der Waals surface area (Å²) in [4.78, 5) is 5.37. The van der Waals surface area contributed by atoms with Gasteiger partial charge in [-0.3, -0.25) is 0 Å². The monoisotopic (exact) mass is 777 g/mol. The van der Waals surface area contributed by atoms with E-state index in [-0.39, 0.29) is 0 Å². The molecule has 59 heavy (non-hydrogen) atoms. The van der Waals surface area contributed by atoms with Crippen molar-refractivity contribution in [2.45, 2.75) is 61.7 Å². The van der Waals surface area contributed by atoms with Crippen molar-refractivity contribution in [3.8, 4) is 0 Å². The van der Waals surface area contributed by atoms with E-state index in [1.165, 1.54) is 88.1 Å². The van der Waals surface area contributed by atoms with Crippen molar-refractivity contribution < 1.29 is 0 Å². The molecule has 286 valence electrons. The van der Waals surface area contributed by atoms with Crippen LogP contribution in [0.2, 0.25) is 0 Å². The molecule has 1 nitrogen and oxygen atoms in total. The fourth-order valence-electron chi connectivity index (χ4n) is 10.7. The highest BCUT2D eigenvalue weighted by atomic mass is 32.2. The summed E-state index contributed by atoms with van der Waals surface area (Å²) >= 11 is 1.94. The van der Waals surface area contributed by atoms with E-state index in [0.717, 1.165) is 38.5 Å². The summed E-state index contributed by atoms with van der Waals surface area (Å²) in [6, 6.07) is 54.8. The maximum atomic E-state index is 2.61. The zero-order valence-corrected chi connectivity index (χ0v) is 34.4. The number of fused-ring (bicyclic) bond motifs is 6. The zero-order valence-electron chi connectivity index (χ0n) is 33.6. The molecule has 0 spiro atoms. The lowest BCUT2D eigenvalue weighted by Crippen LogP contribution is -2.31. The zero-order chi connectivity index (χ0) is 39.3. The van der Waals surface area contributed by atoms with Gasteiger partial charge in [-0.2, -0.15) is 0 Å². The Kier molecular flexibility index (Phi) is 9.12. The van der Waals surface area contributed by atoms with Crippen LogP contribution in [0, 0.1) is 0 Å². The topological polar surface area (TPSA) is 3.24 Å². The number of anilines is 1. The molecule has 1 aliphatic heterocycles. The van der Waals surface area contributed by atoms with Crippen molar-refractivity contribution in [1.29, 1.82) is 0 Å². The van der Waals surface area contributed by atoms with Gasteiger partial charge in [0.15, 0.2) is 0 Å². The van der Waals surface area contributed by atoms with Crippen LogP contribution in [0.5, 0.6) is 0 Å². The number of hydrogen-bond acceptors (Lipinski definition) is 2. The summed E-state index contributed by atoms with van der Waals surface area (Å²) in [6.45, 7) is 2.16. The Morgan fingerprint density at radius 2 is 1.41 bits per heavy atom. The molecule has 11 rings (SSSR count). The average Bonchev–Trinajstić information content (AvgIpc) is 3.87. The van der Waals surface area contributed by atoms with Gasteiger partial charge in [-0.25, -0.2) is 0 Å². The second-order valence-corrected chi connectivity index (χ2v) is 17.6. The molecule has 5 aliphatic rings. The van der Waals surface area contributed by atoms with Crippen LogP contribution in [-0.2, 0) is 24.7 Å². The molecule has 0 saturated carbocycles. The maximum absolute atomic E-state index is 2.61. The standard InChI is InChI=1S/C57H47NS/c1-2-15-54(56-37-43-17-10-14-25-55(43)59-56)58(46-32-30-39(31-33-46)42-29-28-41-27-26-40-16-9-11-22-48(40)51(41)36-42)47-34-35-50-49-23-12-13-24-52(49)57(53(50)38-47,44-18-5-3-6-19-44)45-20-7-4-8-21-45/h2-10,12-21,23-33,38,42H,11,22,34-37H2,1H3/b15-2-,56-54-. The SMILES string of the molecule is C/C=C\C(=C1/Cc2ccccc2S1)N(C1=CC2=C(CC1)c1ccccc1C2(c1ccccc1)c1ccccc1)c1ccc(C2C=Cc3ccc4c(c3C2)CCC=C4)cc1. The third kappa shape index (κ3) is 5.99. The number of rotatable bonds is 7. The highest BCUT2D eigenvalue weighted by Crippen LogP contribution is 2.58. The molecule has 0 saturated heterocycles. The van der Waals surface area contributed by atoms with Crippen LogP contribution in [0.4, 0.5) is 5.69 Å². The summed E-state index contributed by atoms with van der Waals surface area (Å²) in [5.74, 6) is 0.353. The van der Waals surface area contributed by atoms with Crippen LogP contribution in [0.1, 0.15) is 87.7 Å². The van der Waals surface area contributed by atoms with Gasteiger partial charge < -0.3 is 4.90 Å². The lowest BCUT2D eigenvalue weighted by Gasteiger charge is -2.38. The average molecular weight is 778 g/mol. The molecule has 1 heterocycles. The van der Waals surface area contributed by atoms with Crippen molar-refractivity contribution in [2.75, 3.05) is 4.90 Å². The number of benzene rings is 6. The molecule has 0 aromatic heterocycles. The van der Waals surface area contributed by atoms with Gasteiger partial charge in [0.2, 0.25) is 0 Å². The first-order valence-electron chi connectivity index (χ1n) is 21.4. The number of nitrogens with zero attached hydrogens (tertiary/aromatic N) is 1. The second-order valence-electron chi connectivity index (χ2n) is 16.5. The van der Waals surface area contributed by atoms with Gasteiger partial charge in [0.25, 0.3) is 0 Å². The van der Waals surface area contributed by atoms with E-state index in [4.69, 9.17) is 0 Å². The van der Waals surface area contributed by atoms with Crippen LogP contribution in [-0.4, -0.2) is 0 Å². The summed E-state index contributed by atoms with van der Waals surface area (Å²) in [6.07, 6.45) is 22.8. The molecular weight excluding hydrogens is 731 g/mol. The van der Waals surface area contributed by atoms with Crippen LogP contribution in [0.25, 0.3) is 17.7 Å². The number of hydrogen-bond donors (Lipinski definition) is 0. The molecule has 1 unspecified atom stereocenters. The first-order valence-corrected chi connectivity index (χ1v) is 22.2. The lowest BCUT2D eigenvalue weighted by molar-refractivity contribution is 0.749. The molecular formula is C57H47NS. The highest BCUT2D eigenvalue weighted by molar-refractivity contribution is 8.03. The minimum absolute atomic E-state index is 0.353. The Hall–Kier alpha value is -6.09. The van der Waals surface area contributed by atoms with Gasteiger partial charge in [-0.15, -0.1) is 0 Å². The summed E-state index contributed by atoms with van der Waals surface area (Å²) < 4.78 is 0. The Morgan fingerprint density at radius 1 is 0.695 bits per heavy atom. The minimum Gasteiger partial charge on any atom is -0.313 e. The van der Waals surface area contributed by atoms with Gasteiger partial charge in [0.05, 0.1) is 11.1 Å². The molecule has 4 aliphatic carbocycles. The smallest absolute Gasteiger partial charge is 0.0710 e. The van der Waals surface area contributed by atoms with E-state index >= 15 is 0 Å². The first kappa shape index (κ1) is 36.0. The largest absolute Gasteiger partial charge is 0.313 e. The van der Waals surface area contributed by atoms with Crippen molar-refractivity contribution in [3.05, 3.63) is 253 Å². The predicted molar refractivity (Wildman–Crippen MR) is 249 cm³/mol. The van der Waals surface area contributed by atoms with Crippen molar-refractivity contribution in [1.82, 2.24) is 0 Å². The second kappa shape index (κ2) is 14.9. The third-order valence-electron chi connectivity index (χ3n) is 13.3. The van der Waals surface area contributed by atoms with Crippen LogP contribution >= 0.6 is 11.8 Å². The Balaban J connectivity index is 1.06. The van der Waals surface area contributed by atoms with Crippen molar-refractivity contribution in [2.24, 2.45) is 0 Å².